The van der Waals surface area contributed by atoms with Crippen molar-refractivity contribution in [2.45, 2.75) is 30.6 Å². The van der Waals surface area contributed by atoms with E-state index in [0.717, 1.165) is 36.1 Å². The Hall–Kier alpha value is -2.60. The van der Waals surface area contributed by atoms with Gasteiger partial charge in [0.05, 0.1) is 16.2 Å². The van der Waals surface area contributed by atoms with Crippen molar-refractivity contribution < 1.29 is 9.59 Å². The van der Waals surface area contributed by atoms with Crippen LogP contribution in [0.5, 0.6) is 0 Å². The molecule has 0 saturated heterocycles. The number of hydrogen-bond donors (Lipinski definition) is 2. The lowest BCUT2D eigenvalue weighted by Gasteiger charge is -2.09. The molecule has 0 atom stereocenters. The first-order valence-electron chi connectivity index (χ1n) is 9.56. The van der Waals surface area contributed by atoms with Crippen LogP contribution in [-0.2, 0) is 17.6 Å². The smallest absolute Gasteiger partial charge is 0.265 e. The lowest BCUT2D eigenvalue weighted by Crippen LogP contribution is -2.14. The van der Waals surface area contributed by atoms with Crippen molar-refractivity contribution in [1.82, 2.24) is 0 Å². The minimum atomic E-state index is -0.143. The fourth-order valence-corrected chi connectivity index (χ4v) is 5.98. The average molecular weight is 454 g/mol. The highest BCUT2D eigenvalue weighted by molar-refractivity contribution is 8.00. The molecule has 0 bridgehead atoms. The number of hydrogen-bond acceptors (Lipinski definition) is 6. The molecule has 0 radical (unpaired) electrons. The van der Waals surface area contributed by atoms with E-state index in [1.165, 1.54) is 39.3 Å². The highest BCUT2D eigenvalue weighted by atomic mass is 32.2. The first-order valence-corrected chi connectivity index (χ1v) is 12.2. The molecule has 4 rings (SSSR count). The highest BCUT2D eigenvalue weighted by Gasteiger charge is 2.21. The average Bonchev–Trinajstić information content (AvgIpc) is 3.40. The first-order chi connectivity index (χ1) is 14.6. The number of fused-ring (bicyclic) bond motifs is 1. The number of aryl methyl sites for hydroxylation is 1. The van der Waals surface area contributed by atoms with Crippen LogP contribution in [0, 0.1) is 11.3 Å². The molecule has 5 nitrogen and oxygen atoms in total. The van der Waals surface area contributed by atoms with Crippen LogP contribution in [0.4, 0.5) is 10.7 Å². The standard InChI is InChI=1S/C22H19N3O2S3/c23-12-17-16-7-1-2-8-18(16)30-22(17)25-20(26)13-29-15-6-3-5-14(11-15)24-21(27)19-9-4-10-28-19/h3-6,9-11H,1-2,7-8,13H2,(H,24,27)(H,25,26). The molecule has 2 amide bonds. The Morgan fingerprint density at radius 1 is 1.13 bits per heavy atom. The number of rotatable bonds is 6. The van der Waals surface area contributed by atoms with Crippen molar-refractivity contribution in [3.8, 4) is 6.07 Å². The van der Waals surface area contributed by atoms with Crippen molar-refractivity contribution in [3.63, 3.8) is 0 Å². The zero-order valence-corrected chi connectivity index (χ0v) is 18.5. The van der Waals surface area contributed by atoms with E-state index in [-0.39, 0.29) is 17.6 Å². The second-order valence-electron chi connectivity index (χ2n) is 6.82. The molecule has 1 aromatic carbocycles. The van der Waals surface area contributed by atoms with Crippen LogP contribution in [-0.4, -0.2) is 17.6 Å². The lowest BCUT2D eigenvalue weighted by atomic mass is 9.96. The fourth-order valence-electron chi connectivity index (χ4n) is 3.35. The van der Waals surface area contributed by atoms with Gasteiger partial charge in [0.25, 0.3) is 5.91 Å². The number of thiophene rings is 2. The van der Waals surface area contributed by atoms with Crippen LogP contribution in [0.15, 0.2) is 46.7 Å². The highest BCUT2D eigenvalue weighted by Crippen LogP contribution is 2.37. The van der Waals surface area contributed by atoms with Crippen molar-refractivity contribution in [3.05, 3.63) is 62.7 Å². The number of benzene rings is 1. The van der Waals surface area contributed by atoms with Gasteiger partial charge in [-0.15, -0.1) is 34.4 Å². The Morgan fingerprint density at radius 2 is 2.00 bits per heavy atom. The molecule has 0 aliphatic heterocycles. The number of carbonyl (C=O) groups is 2. The maximum Gasteiger partial charge on any atom is 0.265 e. The predicted octanol–water partition coefficient (Wildman–Crippen LogP) is 5.54. The summed E-state index contributed by atoms with van der Waals surface area (Å²) < 4.78 is 0. The van der Waals surface area contributed by atoms with Gasteiger partial charge < -0.3 is 10.6 Å². The van der Waals surface area contributed by atoms with Crippen molar-refractivity contribution >= 4 is 56.9 Å². The van der Waals surface area contributed by atoms with E-state index in [4.69, 9.17) is 0 Å². The Balaban J connectivity index is 1.36. The summed E-state index contributed by atoms with van der Waals surface area (Å²) in [6, 6.07) is 13.3. The van der Waals surface area contributed by atoms with Crippen LogP contribution in [0.2, 0.25) is 0 Å². The van der Waals surface area contributed by atoms with Crippen LogP contribution >= 0.6 is 34.4 Å². The summed E-state index contributed by atoms with van der Waals surface area (Å²) in [5, 5.41) is 17.9. The summed E-state index contributed by atoms with van der Waals surface area (Å²) in [6.07, 6.45) is 4.15. The molecular weight excluding hydrogens is 434 g/mol. The van der Waals surface area contributed by atoms with E-state index in [2.05, 4.69) is 16.7 Å². The number of carbonyl (C=O) groups excluding carboxylic acids is 2. The van der Waals surface area contributed by atoms with Gasteiger partial charge >= 0.3 is 0 Å². The van der Waals surface area contributed by atoms with Crippen LogP contribution in [0.3, 0.4) is 0 Å². The van der Waals surface area contributed by atoms with E-state index < -0.39 is 0 Å². The van der Waals surface area contributed by atoms with Gasteiger partial charge in [0.15, 0.2) is 0 Å². The normalized spacial score (nSPS) is 12.6. The molecule has 0 spiro atoms. The summed E-state index contributed by atoms with van der Waals surface area (Å²) in [6.45, 7) is 0. The van der Waals surface area contributed by atoms with E-state index in [1.807, 2.05) is 35.7 Å². The number of nitrogens with one attached hydrogen (secondary N) is 2. The molecule has 2 aromatic heterocycles. The van der Waals surface area contributed by atoms with Crippen LogP contribution in [0.25, 0.3) is 0 Å². The maximum atomic E-state index is 12.5. The molecule has 2 heterocycles. The zero-order chi connectivity index (χ0) is 20.9. The summed E-state index contributed by atoms with van der Waals surface area (Å²) in [5.74, 6) is -0.0471. The largest absolute Gasteiger partial charge is 0.321 e. The van der Waals surface area contributed by atoms with Gasteiger partial charge in [-0.2, -0.15) is 5.26 Å². The molecule has 3 aromatic rings. The van der Waals surface area contributed by atoms with Crippen LogP contribution < -0.4 is 10.6 Å². The molecule has 1 aliphatic carbocycles. The molecule has 1 aliphatic rings. The topological polar surface area (TPSA) is 82.0 Å². The Kier molecular flexibility index (Phi) is 6.53. The van der Waals surface area contributed by atoms with Gasteiger partial charge in [-0.1, -0.05) is 12.1 Å². The van der Waals surface area contributed by atoms with Gasteiger partial charge in [-0.25, -0.2) is 0 Å². The SMILES string of the molecule is N#Cc1c(NC(=O)CSc2cccc(NC(=O)c3cccs3)c2)sc2c1CCCC2. The van der Waals surface area contributed by atoms with Gasteiger partial charge in [0, 0.05) is 15.5 Å². The number of thioether (sulfide) groups is 1. The van der Waals surface area contributed by atoms with Gasteiger partial charge in [0.2, 0.25) is 5.91 Å². The number of nitrogens with zero attached hydrogens (tertiary/aromatic N) is 1. The minimum absolute atomic E-state index is 0.136. The third-order valence-corrected chi connectivity index (χ3v) is 7.81. The molecule has 0 saturated carbocycles. The van der Waals surface area contributed by atoms with Crippen LogP contribution in [0.1, 0.15) is 38.5 Å². The maximum absolute atomic E-state index is 12.5. The Morgan fingerprint density at radius 3 is 2.80 bits per heavy atom. The third-order valence-electron chi connectivity index (χ3n) is 4.74. The van der Waals surface area contributed by atoms with Crippen molar-refractivity contribution in [2.75, 3.05) is 16.4 Å². The lowest BCUT2D eigenvalue weighted by molar-refractivity contribution is -0.113. The van der Waals surface area contributed by atoms with E-state index in [9.17, 15) is 14.9 Å². The second kappa shape index (κ2) is 9.47. The molecule has 30 heavy (non-hydrogen) atoms. The van der Waals surface area contributed by atoms with Gasteiger partial charge in [-0.3, -0.25) is 9.59 Å². The molecule has 8 heteroatoms. The molecule has 0 fully saturated rings. The number of nitriles is 1. The minimum Gasteiger partial charge on any atom is -0.321 e. The second-order valence-corrected chi connectivity index (χ2v) is 9.92. The quantitative estimate of drug-likeness (QED) is 0.480. The van der Waals surface area contributed by atoms with E-state index in [0.29, 0.717) is 21.1 Å². The van der Waals surface area contributed by atoms with Crippen molar-refractivity contribution in [1.29, 1.82) is 5.26 Å². The Labute approximate surface area is 187 Å². The van der Waals surface area contributed by atoms with Gasteiger partial charge in [0.1, 0.15) is 11.1 Å². The predicted molar refractivity (Wildman–Crippen MR) is 124 cm³/mol. The number of amides is 2. The van der Waals surface area contributed by atoms with Gasteiger partial charge in [-0.05, 0) is 60.9 Å². The van der Waals surface area contributed by atoms with E-state index >= 15 is 0 Å². The summed E-state index contributed by atoms with van der Waals surface area (Å²) in [4.78, 5) is 27.5. The molecule has 152 valence electrons. The Bertz CT molecular complexity index is 1110. The summed E-state index contributed by atoms with van der Waals surface area (Å²) in [7, 11) is 0. The molecular formula is C22H19N3O2S3. The third kappa shape index (κ3) is 4.75. The zero-order valence-electron chi connectivity index (χ0n) is 16.1. The fraction of sp³-hybridized carbons (Fsp3) is 0.227. The van der Waals surface area contributed by atoms with E-state index in [1.54, 1.807) is 6.07 Å². The number of anilines is 2. The summed E-state index contributed by atoms with van der Waals surface area (Å²) in [5.41, 5.74) is 2.44. The molecule has 0 unspecified atom stereocenters. The van der Waals surface area contributed by atoms with Crippen molar-refractivity contribution in [2.24, 2.45) is 0 Å². The molecule has 2 N–H and O–H groups in total. The summed E-state index contributed by atoms with van der Waals surface area (Å²) >= 11 is 4.32. The monoisotopic (exact) mass is 453 g/mol. The first kappa shape index (κ1) is 20.7.